The second kappa shape index (κ2) is 4.07. The van der Waals surface area contributed by atoms with Crippen LogP contribution >= 0.6 is 11.3 Å². The first-order valence-electron chi connectivity index (χ1n) is 4.75. The molecule has 0 fully saturated rings. The minimum absolute atomic E-state index is 1.05. The predicted molar refractivity (Wildman–Crippen MR) is 61.9 cm³/mol. The molecule has 1 heterocycles. The standard InChI is InChI=1S/C11H14N2S/c1-13(2)8-7-11-12-9-5-3-4-6-10(9)14-11/h3-6H,7-8H2,1-2H3. The molecule has 0 atom stereocenters. The molecule has 0 radical (unpaired) electrons. The van der Waals surface area contributed by atoms with Gasteiger partial charge in [-0.1, -0.05) is 12.1 Å². The van der Waals surface area contributed by atoms with Crippen LogP contribution in [0.3, 0.4) is 0 Å². The van der Waals surface area contributed by atoms with Crippen LogP contribution in [0.25, 0.3) is 10.2 Å². The van der Waals surface area contributed by atoms with Gasteiger partial charge < -0.3 is 4.90 Å². The second-order valence-electron chi connectivity index (χ2n) is 3.63. The van der Waals surface area contributed by atoms with Crippen molar-refractivity contribution in [1.29, 1.82) is 0 Å². The van der Waals surface area contributed by atoms with Gasteiger partial charge in [-0.25, -0.2) is 4.98 Å². The number of fused-ring (bicyclic) bond motifs is 1. The molecule has 3 heteroatoms. The normalized spacial score (nSPS) is 11.4. The Labute approximate surface area is 88.2 Å². The van der Waals surface area contributed by atoms with Crippen molar-refractivity contribution in [3.8, 4) is 0 Å². The van der Waals surface area contributed by atoms with Crippen LogP contribution in [0.2, 0.25) is 0 Å². The Bertz CT molecular complexity index is 387. The lowest BCUT2D eigenvalue weighted by molar-refractivity contribution is 0.413. The number of nitrogens with zero attached hydrogens (tertiary/aromatic N) is 2. The Morgan fingerprint density at radius 2 is 2.07 bits per heavy atom. The van der Waals surface area contributed by atoms with E-state index in [2.05, 4.69) is 42.2 Å². The molecule has 0 aliphatic carbocycles. The lowest BCUT2D eigenvalue weighted by Gasteiger charge is -2.06. The van der Waals surface area contributed by atoms with Gasteiger partial charge in [0.05, 0.1) is 15.2 Å². The number of para-hydroxylation sites is 1. The summed E-state index contributed by atoms with van der Waals surface area (Å²) >= 11 is 1.80. The minimum Gasteiger partial charge on any atom is -0.309 e. The molecule has 1 aromatic heterocycles. The summed E-state index contributed by atoms with van der Waals surface area (Å²) in [5.41, 5.74) is 1.13. The molecule has 74 valence electrons. The molecule has 2 nitrogen and oxygen atoms in total. The third-order valence-corrected chi connectivity index (χ3v) is 3.21. The molecule has 0 bridgehead atoms. The van der Waals surface area contributed by atoms with Gasteiger partial charge in [0, 0.05) is 13.0 Å². The molecule has 0 saturated heterocycles. The lowest BCUT2D eigenvalue weighted by atomic mass is 10.3. The largest absolute Gasteiger partial charge is 0.309 e. The predicted octanol–water partition coefficient (Wildman–Crippen LogP) is 2.40. The lowest BCUT2D eigenvalue weighted by Crippen LogP contribution is -2.14. The molecule has 2 aromatic rings. The summed E-state index contributed by atoms with van der Waals surface area (Å²) in [5, 5.41) is 1.24. The van der Waals surface area contributed by atoms with Gasteiger partial charge in [-0.05, 0) is 26.2 Å². The molecule has 0 saturated carbocycles. The Morgan fingerprint density at radius 3 is 2.79 bits per heavy atom. The van der Waals surface area contributed by atoms with Crippen LogP contribution in [0, 0.1) is 0 Å². The molecule has 0 amide bonds. The van der Waals surface area contributed by atoms with E-state index in [1.165, 1.54) is 9.71 Å². The van der Waals surface area contributed by atoms with Crippen LogP contribution in [0.15, 0.2) is 24.3 Å². The number of hydrogen-bond acceptors (Lipinski definition) is 3. The molecule has 0 aliphatic heterocycles. The zero-order chi connectivity index (χ0) is 9.97. The van der Waals surface area contributed by atoms with Gasteiger partial charge in [0.1, 0.15) is 0 Å². The zero-order valence-corrected chi connectivity index (χ0v) is 9.34. The highest BCUT2D eigenvalue weighted by molar-refractivity contribution is 7.18. The van der Waals surface area contributed by atoms with Crippen molar-refractivity contribution in [1.82, 2.24) is 9.88 Å². The first-order valence-corrected chi connectivity index (χ1v) is 5.56. The Morgan fingerprint density at radius 1 is 1.29 bits per heavy atom. The van der Waals surface area contributed by atoms with E-state index in [0.29, 0.717) is 0 Å². The molecule has 14 heavy (non-hydrogen) atoms. The Hall–Kier alpha value is -0.930. The quantitative estimate of drug-likeness (QED) is 0.766. The van der Waals surface area contributed by atoms with E-state index in [0.717, 1.165) is 18.5 Å². The van der Waals surface area contributed by atoms with E-state index in [4.69, 9.17) is 0 Å². The highest BCUT2D eigenvalue weighted by Crippen LogP contribution is 2.21. The summed E-state index contributed by atoms with van der Waals surface area (Å²) in [6, 6.07) is 8.31. The Balaban J connectivity index is 2.19. The van der Waals surface area contributed by atoms with E-state index >= 15 is 0 Å². The number of benzene rings is 1. The maximum absolute atomic E-state index is 4.58. The van der Waals surface area contributed by atoms with Crippen molar-refractivity contribution in [2.75, 3.05) is 20.6 Å². The molecular weight excluding hydrogens is 192 g/mol. The van der Waals surface area contributed by atoms with E-state index in [-0.39, 0.29) is 0 Å². The second-order valence-corrected chi connectivity index (χ2v) is 4.74. The van der Waals surface area contributed by atoms with Gasteiger partial charge in [-0.3, -0.25) is 0 Å². The van der Waals surface area contributed by atoms with E-state index in [9.17, 15) is 0 Å². The topological polar surface area (TPSA) is 16.1 Å². The molecule has 0 N–H and O–H groups in total. The summed E-state index contributed by atoms with van der Waals surface area (Å²) in [7, 11) is 4.18. The highest BCUT2D eigenvalue weighted by Gasteiger charge is 2.02. The van der Waals surface area contributed by atoms with Crippen molar-refractivity contribution in [3.63, 3.8) is 0 Å². The summed E-state index contributed by atoms with van der Waals surface area (Å²) in [6.07, 6.45) is 1.05. The maximum Gasteiger partial charge on any atom is 0.0951 e. The van der Waals surface area contributed by atoms with Crippen molar-refractivity contribution >= 4 is 21.6 Å². The van der Waals surface area contributed by atoms with Crippen LogP contribution < -0.4 is 0 Å². The SMILES string of the molecule is CN(C)CCc1nc2ccccc2s1. The summed E-state index contributed by atoms with van der Waals surface area (Å²) in [5.74, 6) is 0. The third kappa shape index (κ3) is 2.11. The van der Waals surface area contributed by atoms with Crippen molar-refractivity contribution in [3.05, 3.63) is 29.3 Å². The van der Waals surface area contributed by atoms with Crippen LogP contribution in [-0.4, -0.2) is 30.5 Å². The molecule has 0 spiro atoms. The van der Waals surface area contributed by atoms with Gasteiger partial charge in [-0.2, -0.15) is 0 Å². The number of likely N-dealkylation sites (N-methyl/N-ethyl adjacent to an activating group) is 1. The van der Waals surface area contributed by atoms with Gasteiger partial charge in [0.2, 0.25) is 0 Å². The first kappa shape index (κ1) is 9.62. The number of thiazole rings is 1. The average molecular weight is 206 g/mol. The zero-order valence-electron chi connectivity index (χ0n) is 8.53. The molecule has 0 aliphatic rings. The van der Waals surface area contributed by atoms with Crippen LogP contribution in [0.4, 0.5) is 0 Å². The van der Waals surface area contributed by atoms with E-state index in [1.807, 2.05) is 6.07 Å². The van der Waals surface area contributed by atoms with Gasteiger partial charge in [0.25, 0.3) is 0 Å². The molecule has 2 rings (SSSR count). The highest BCUT2D eigenvalue weighted by atomic mass is 32.1. The molecular formula is C11H14N2S. The van der Waals surface area contributed by atoms with Crippen molar-refractivity contribution in [2.45, 2.75) is 6.42 Å². The fourth-order valence-corrected chi connectivity index (χ4v) is 2.30. The smallest absolute Gasteiger partial charge is 0.0951 e. The van der Waals surface area contributed by atoms with E-state index < -0.39 is 0 Å². The van der Waals surface area contributed by atoms with Crippen LogP contribution in [0.1, 0.15) is 5.01 Å². The van der Waals surface area contributed by atoms with Gasteiger partial charge in [-0.15, -0.1) is 11.3 Å². The summed E-state index contributed by atoms with van der Waals surface area (Å²) in [6.45, 7) is 1.07. The molecule has 0 unspecified atom stereocenters. The van der Waals surface area contributed by atoms with Gasteiger partial charge in [0.15, 0.2) is 0 Å². The number of rotatable bonds is 3. The summed E-state index contributed by atoms with van der Waals surface area (Å²) < 4.78 is 1.29. The van der Waals surface area contributed by atoms with Crippen LogP contribution in [0.5, 0.6) is 0 Å². The van der Waals surface area contributed by atoms with Crippen LogP contribution in [-0.2, 0) is 6.42 Å². The number of aromatic nitrogens is 1. The molecule has 1 aromatic carbocycles. The van der Waals surface area contributed by atoms with Crippen molar-refractivity contribution < 1.29 is 0 Å². The Kier molecular flexibility index (Phi) is 2.79. The summed E-state index contributed by atoms with van der Waals surface area (Å²) in [4.78, 5) is 6.76. The van der Waals surface area contributed by atoms with Gasteiger partial charge >= 0.3 is 0 Å². The number of hydrogen-bond donors (Lipinski definition) is 0. The minimum atomic E-state index is 1.05. The monoisotopic (exact) mass is 206 g/mol. The first-order chi connectivity index (χ1) is 6.75. The third-order valence-electron chi connectivity index (χ3n) is 2.11. The maximum atomic E-state index is 4.58. The van der Waals surface area contributed by atoms with E-state index in [1.54, 1.807) is 11.3 Å². The fraction of sp³-hybridized carbons (Fsp3) is 0.364. The average Bonchev–Trinajstić information content (AvgIpc) is 2.57. The fourth-order valence-electron chi connectivity index (χ4n) is 1.35. The van der Waals surface area contributed by atoms with Crippen molar-refractivity contribution in [2.24, 2.45) is 0 Å².